The van der Waals surface area contributed by atoms with Gasteiger partial charge in [0, 0.05) is 19.8 Å². The van der Waals surface area contributed by atoms with E-state index in [-0.39, 0.29) is 18.4 Å². The Bertz CT molecular complexity index is 355. The van der Waals surface area contributed by atoms with Crippen LogP contribution in [0.15, 0.2) is 12.3 Å². The molecule has 88 valence electrons. The topological polar surface area (TPSA) is 84.1 Å². The van der Waals surface area contributed by atoms with Crippen LogP contribution in [0, 0.1) is 0 Å². The molecule has 1 rings (SSSR count). The van der Waals surface area contributed by atoms with Crippen LogP contribution in [0.2, 0.25) is 0 Å². The highest BCUT2D eigenvalue weighted by Crippen LogP contribution is 2.10. The van der Waals surface area contributed by atoms with Gasteiger partial charge < -0.3 is 16.0 Å². The number of aromatic nitrogens is 2. The van der Waals surface area contributed by atoms with Crippen molar-refractivity contribution in [2.75, 3.05) is 30.8 Å². The molecule has 0 bridgehead atoms. The highest BCUT2D eigenvalue weighted by Gasteiger charge is 2.11. The SMILES string of the molecule is CCCN(CC(=O)NC)c1ccnc(N)n1. The quantitative estimate of drug-likeness (QED) is 0.735. The van der Waals surface area contributed by atoms with Crippen LogP contribution < -0.4 is 16.0 Å². The Balaban J connectivity index is 2.80. The van der Waals surface area contributed by atoms with E-state index in [0.29, 0.717) is 5.82 Å². The zero-order valence-corrected chi connectivity index (χ0v) is 9.60. The largest absolute Gasteiger partial charge is 0.368 e. The lowest BCUT2D eigenvalue weighted by atomic mass is 10.3. The van der Waals surface area contributed by atoms with Gasteiger partial charge in [-0.15, -0.1) is 0 Å². The maximum absolute atomic E-state index is 11.3. The summed E-state index contributed by atoms with van der Waals surface area (Å²) in [6.07, 6.45) is 2.52. The van der Waals surface area contributed by atoms with E-state index in [2.05, 4.69) is 15.3 Å². The van der Waals surface area contributed by atoms with Crippen LogP contribution in [-0.4, -0.2) is 36.0 Å². The van der Waals surface area contributed by atoms with Crippen molar-refractivity contribution in [1.29, 1.82) is 0 Å². The lowest BCUT2D eigenvalue weighted by Gasteiger charge is -2.21. The van der Waals surface area contributed by atoms with Crippen LogP contribution in [0.4, 0.5) is 11.8 Å². The summed E-state index contributed by atoms with van der Waals surface area (Å²) in [5.41, 5.74) is 5.51. The van der Waals surface area contributed by atoms with Crippen molar-refractivity contribution in [3.63, 3.8) is 0 Å². The Morgan fingerprint density at radius 3 is 2.94 bits per heavy atom. The summed E-state index contributed by atoms with van der Waals surface area (Å²) in [6, 6.07) is 1.74. The Morgan fingerprint density at radius 1 is 1.62 bits per heavy atom. The van der Waals surface area contributed by atoms with Crippen molar-refractivity contribution in [3.05, 3.63) is 12.3 Å². The minimum absolute atomic E-state index is 0.0503. The van der Waals surface area contributed by atoms with Gasteiger partial charge in [-0.1, -0.05) is 6.92 Å². The predicted octanol–water partition coefficient (Wildman–Crippen LogP) is 0.0212. The first-order chi connectivity index (χ1) is 7.67. The number of nitrogens with one attached hydrogen (secondary N) is 1. The number of amides is 1. The third-order valence-corrected chi connectivity index (χ3v) is 2.09. The molecule has 0 fully saturated rings. The van der Waals surface area contributed by atoms with Gasteiger partial charge in [0.25, 0.3) is 0 Å². The molecule has 0 aliphatic carbocycles. The lowest BCUT2D eigenvalue weighted by molar-refractivity contribution is -0.119. The maximum atomic E-state index is 11.3. The number of anilines is 2. The fourth-order valence-electron chi connectivity index (χ4n) is 1.34. The van der Waals surface area contributed by atoms with E-state index in [4.69, 9.17) is 5.73 Å². The summed E-state index contributed by atoms with van der Waals surface area (Å²) in [7, 11) is 1.61. The van der Waals surface area contributed by atoms with E-state index in [0.717, 1.165) is 13.0 Å². The molecule has 0 aliphatic heterocycles. The maximum Gasteiger partial charge on any atom is 0.239 e. The summed E-state index contributed by atoms with van der Waals surface area (Å²) in [4.78, 5) is 21.1. The second-order valence-electron chi connectivity index (χ2n) is 3.37. The van der Waals surface area contributed by atoms with Gasteiger partial charge in [-0.2, -0.15) is 4.98 Å². The number of nitrogens with two attached hydrogens (primary N) is 1. The molecule has 1 amide bonds. The van der Waals surface area contributed by atoms with Crippen molar-refractivity contribution in [3.8, 4) is 0 Å². The van der Waals surface area contributed by atoms with E-state index >= 15 is 0 Å². The molecule has 0 aliphatic rings. The fourth-order valence-corrected chi connectivity index (χ4v) is 1.34. The zero-order valence-electron chi connectivity index (χ0n) is 9.60. The Morgan fingerprint density at radius 2 is 2.38 bits per heavy atom. The van der Waals surface area contributed by atoms with Crippen molar-refractivity contribution < 1.29 is 4.79 Å². The van der Waals surface area contributed by atoms with Gasteiger partial charge in [0.2, 0.25) is 11.9 Å². The van der Waals surface area contributed by atoms with E-state index in [1.807, 2.05) is 11.8 Å². The van der Waals surface area contributed by atoms with E-state index in [1.165, 1.54) is 0 Å². The number of likely N-dealkylation sites (N-methyl/N-ethyl adjacent to an activating group) is 1. The number of nitrogens with zero attached hydrogens (tertiary/aromatic N) is 3. The molecule has 0 saturated heterocycles. The minimum atomic E-state index is -0.0503. The second kappa shape index (κ2) is 5.89. The molecule has 0 unspecified atom stereocenters. The molecular weight excluding hydrogens is 206 g/mol. The number of rotatable bonds is 5. The standard InChI is InChI=1S/C10H17N5O/c1-3-6-15(7-9(16)12-2)8-4-5-13-10(11)14-8/h4-5H,3,6-7H2,1-2H3,(H,12,16)(H2,11,13,14). The molecular formula is C10H17N5O. The van der Waals surface area contributed by atoms with Crippen molar-refractivity contribution in [2.45, 2.75) is 13.3 Å². The molecule has 0 spiro atoms. The normalized spacial score (nSPS) is 9.88. The molecule has 6 heteroatoms. The predicted molar refractivity (Wildman–Crippen MR) is 63.0 cm³/mol. The molecule has 0 aromatic carbocycles. The zero-order chi connectivity index (χ0) is 12.0. The Labute approximate surface area is 94.9 Å². The Hall–Kier alpha value is -1.85. The van der Waals surface area contributed by atoms with Gasteiger partial charge in [-0.25, -0.2) is 4.98 Å². The second-order valence-corrected chi connectivity index (χ2v) is 3.37. The van der Waals surface area contributed by atoms with E-state index in [9.17, 15) is 4.79 Å². The molecule has 0 radical (unpaired) electrons. The fraction of sp³-hybridized carbons (Fsp3) is 0.500. The third-order valence-electron chi connectivity index (χ3n) is 2.09. The molecule has 0 saturated carbocycles. The Kier molecular flexibility index (Phi) is 4.50. The van der Waals surface area contributed by atoms with Crippen molar-refractivity contribution >= 4 is 17.7 Å². The average molecular weight is 223 g/mol. The molecule has 1 aromatic rings. The van der Waals surface area contributed by atoms with Gasteiger partial charge in [0.1, 0.15) is 5.82 Å². The van der Waals surface area contributed by atoms with Crippen LogP contribution >= 0.6 is 0 Å². The summed E-state index contributed by atoms with van der Waals surface area (Å²) in [5, 5.41) is 2.58. The monoisotopic (exact) mass is 223 g/mol. The summed E-state index contributed by atoms with van der Waals surface area (Å²) in [5.74, 6) is 0.846. The van der Waals surface area contributed by atoms with Crippen LogP contribution in [0.1, 0.15) is 13.3 Å². The van der Waals surface area contributed by atoms with Crippen molar-refractivity contribution in [1.82, 2.24) is 15.3 Å². The smallest absolute Gasteiger partial charge is 0.239 e. The molecule has 16 heavy (non-hydrogen) atoms. The number of hydrogen-bond acceptors (Lipinski definition) is 5. The molecule has 1 aromatic heterocycles. The average Bonchev–Trinajstić information content (AvgIpc) is 2.28. The lowest BCUT2D eigenvalue weighted by Crippen LogP contribution is -2.36. The number of carbonyl (C=O) groups is 1. The van der Waals surface area contributed by atoms with Gasteiger partial charge in [0.05, 0.1) is 6.54 Å². The molecule has 0 atom stereocenters. The van der Waals surface area contributed by atoms with Gasteiger partial charge >= 0.3 is 0 Å². The molecule has 6 nitrogen and oxygen atoms in total. The van der Waals surface area contributed by atoms with Gasteiger partial charge in [-0.05, 0) is 12.5 Å². The molecule has 1 heterocycles. The first kappa shape index (κ1) is 12.2. The molecule has 3 N–H and O–H groups in total. The summed E-state index contributed by atoms with van der Waals surface area (Å²) in [6.45, 7) is 3.08. The van der Waals surface area contributed by atoms with Crippen LogP contribution in [-0.2, 0) is 4.79 Å². The first-order valence-corrected chi connectivity index (χ1v) is 5.21. The van der Waals surface area contributed by atoms with Gasteiger partial charge in [0.15, 0.2) is 0 Å². The minimum Gasteiger partial charge on any atom is -0.368 e. The summed E-state index contributed by atoms with van der Waals surface area (Å²) < 4.78 is 0. The highest BCUT2D eigenvalue weighted by atomic mass is 16.1. The van der Waals surface area contributed by atoms with Gasteiger partial charge in [-0.3, -0.25) is 4.79 Å². The van der Waals surface area contributed by atoms with Crippen LogP contribution in [0.5, 0.6) is 0 Å². The third kappa shape index (κ3) is 3.38. The van der Waals surface area contributed by atoms with E-state index < -0.39 is 0 Å². The number of nitrogen functional groups attached to an aromatic ring is 1. The van der Waals surface area contributed by atoms with Crippen molar-refractivity contribution in [2.24, 2.45) is 0 Å². The highest BCUT2D eigenvalue weighted by molar-refractivity contribution is 5.80. The number of carbonyl (C=O) groups excluding carboxylic acids is 1. The van der Waals surface area contributed by atoms with Crippen LogP contribution in [0.3, 0.4) is 0 Å². The van der Waals surface area contributed by atoms with Crippen LogP contribution in [0.25, 0.3) is 0 Å². The number of hydrogen-bond donors (Lipinski definition) is 2. The summed E-state index contributed by atoms with van der Waals surface area (Å²) >= 11 is 0. The first-order valence-electron chi connectivity index (χ1n) is 5.21. The van der Waals surface area contributed by atoms with E-state index in [1.54, 1.807) is 19.3 Å².